The van der Waals surface area contributed by atoms with Crippen LogP contribution in [-0.4, -0.2) is 0 Å². The minimum atomic E-state index is 0.00287. The van der Waals surface area contributed by atoms with Crippen molar-refractivity contribution in [2.45, 2.75) is 58.3 Å². The van der Waals surface area contributed by atoms with Crippen LogP contribution in [0.4, 0.5) is 4.39 Å². The molecule has 0 aromatic heterocycles. The third kappa shape index (κ3) is 2.14. The Balaban J connectivity index is 2.52. The van der Waals surface area contributed by atoms with Gasteiger partial charge in [-0.05, 0) is 53.4 Å². The van der Waals surface area contributed by atoms with E-state index >= 15 is 0 Å². The highest BCUT2D eigenvalue weighted by Crippen LogP contribution is 2.44. The molecule has 1 aromatic rings. The maximum absolute atomic E-state index is 14.1. The second-order valence-corrected chi connectivity index (χ2v) is 5.59. The quantitative estimate of drug-likeness (QED) is 0.676. The van der Waals surface area contributed by atoms with E-state index < -0.39 is 0 Å². The van der Waals surface area contributed by atoms with Gasteiger partial charge < -0.3 is 0 Å². The predicted molar refractivity (Wildman–Crippen MR) is 66.6 cm³/mol. The molecule has 0 N–H and O–H groups in total. The van der Waals surface area contributed by atoms with Crippen molar-refractivity contribution >= 4 is 0 Å². The van der Waals surface area contributed by atoms with E-state index in [4.69, 9.17) is 0 Å². The highest BCUT2D eigenvalue weighted by Gasteiger charge is 2.29. The van der Waals surface area contributed by atoms with Crippen molar-refractivity contribution in [3.05, 3.63) is 34.6 Å². The fourth-order valence-corrected chi connectivity index (χ4v) is 2.34. The largest absolute Gasteiger partial charge is 0.207 e. The molecule has 0 bridgehead atoms. The van der Waals surface area contributed by atoms with Gasteiger partial charge in [0, 0.05) is 0 Å². The molecule has 0 spiro atoms. The van der Waals surface area contributed by atoms with Crippen LogP contribution < -0.4 is 0 Å². The van der Waals surface area contributed by atoms with Crippen LogP contribution in [0.15, 0.2) is 12.1 Å². The summed E-state index contributed by atoms with van der Waals surface area (Å²) in [6.45, 7) is 8.42. The Hall–Kier alpha value is -0.850. The molecule has 0 heterocycles. The maximum Gasteiger partial charge on any atom is 0.127 e. The molecule has 0 radical (unpaired) electrons. The Morgan fingerprint density at radius 1 is 1.06 bits per heavy atom. The minimum absolute atomic E-state index is 0.00287. The second kappa shape index (κ2) is 4.20. The Labute approximate surface area is 97.9 Å². The molecule has 0 nitrogen and oxygen atoms in total. The van der Waals surface area contributed by atoms with Gasteiger partial charge in [-0.1, -0.05) is 33.8 Å². The molecule has 0 unspecified atom stereocenters. The molecule has 1 aliphatic rings. The van der Waals surface area contributed by atoms with Crippen molar-refractivity contribution in [3.8, 4) is 0 Å². The van der Waals surface area contributed by atoms with E-state index in [1.807, 2.05) is 0 Å². The fourth-order valence-electron chi connectivity index (χ4n) is 2.34. The van der Waals surface area contributed by atoms with Gasteiger partial charge in [0.2, 0.25) is 0 Å². The van der Waals surface area contributed by atoms with Crippen molar-refractivity contribution in [2.75, 3.05) is 0 Å². The summed E-state index contributed by atoms with van der Waals surface area (Å²) in [6, 6.07) is 3.96. The van der Waals surface area contributed by atoms with E-state index in [1.165, 1.54) is 18.4 Å². The summed E-state index contributed by atoms with van der Waals surface area (Å²) in [4.78, 5) is 0. The van der Waals surface area contributed by atoms with Gasteiger partial charge in [0.1, 0.15) is 5.82 Å². The fraction of sp³-hybridized carbons (Fsp3) is 0.600. The van der Waals surface area contributed by atoms with Crippen molar-refractivity contribution in [3.63, 3.8) is 0 Å². The van der Waals surface area contributed by atoms with E-state index in [0.29, 0.717) is 11.8 Å². The summed E-state index contributed by atoms with van der Waals surface area (Å²) in [7, 11) is 0. The summed E-state index contributed by atoms with van der Waals surface area (Å²) in [5.74, 6) is 1.33. The van der Waals surface area contributed by atoms with Gasteiger partial charge in [0.05, 0.1) is 0 Å². The Morgan fingerprint density at radius 3 is 2.12 bits per heavy atom. The van der Waals surface area contributed by atoms with Crippen molar-refractivity contribution in [1.82, 2.24) is 0 Å². The van der Waals surface area contributed by atoms with E-state index in [0.717, 1.165) is 11.1 Å². The van der Waals surface area contributed by atoms with Crippen LogP contribution in [0.1, 0.15) is 75.0 Å². The normalized spacial score (nSPS) is 16.2. The summed E-state index contributed by atoms with van der Waals surface area (Å²) < 4.78 is 14.1. The molecule has 0 atom stereocenters. The molecule has 1 saturated carbocycles. The number of benzene rings is 1. The molecule has 16 heavy (non-hydrogen) atoms. The molecule has 1 aromatic carbocycles. The molecule has 1 heteroatoms. The zero-order chi connectivity index (χ0) is 11.9. The highest BCUT2D eigenvalue weighted by atomic mass is 19.1. The number of halogens is 1. The zero-order valence-electron chi connectivity index (χ0n) is 10.7. The van der Waals surface area contributed by atoms with Crippen molar-refractivity contribution in [1.29, 1.82) is 0 Å². The molecule has 1 aliphatic carbocycles. The van der Waals surface area contributed by atoms with Crippen LogP contribution in [-0.2, 0) is 0 Å². The number of hydrogen-bond acceptors (Lipinski definition) is 0. The molecule has 1 fully saturated rings. The van der Waals surface area contributed by atoms with Crippen molar-refractivity contribution < 1.29 is 4.39 Å². The van der Waals surface area contributed by atoms with Crippen LogP contribution in [0, 0.1) is 5.82 Å². The third-order valence-electron chi connectivity index (χ3n) is 3.45. The Morgan fingerprint density at radius 2 is 1.69 bits per heavy atom. The Bertz CT molecular complexity index is 387. The van der Waals surface area contributed by atoms with Crippen LogP contribution in [0.5, 0.6) is 0 Å². The first-order valence-corrected chi connectivity index (χ1v) is 6.34. The lowest BCUT2D eigenvalue weighted by atomic mass is 9.89. The first-order valence-electron chi connectivity index (χ1n) is 6.34. The molecular formula is C15H21F. The smallest absolute Gasteiger partial charge is 0.127 e. The zero-order valence-corrected chi connectivity index (χ0v) is 10.7. The van der Waals surface area contributed by atoms with Crippen molar-refractivity contribution in [2.24, 2.45) is 0 Å². The Kier molecular flexibility index (Phi) is 3.05. The third-order valence-corrected chi connectivity index (χ3v) is 3.45. The number of hydrogen-bond donors (Lipinski definition) is 0. The second-order valence-electron chi connectivity index (χ2n) is 5.59. The molecule has 0 saturated heterocycles. The SMILES string of the molecule is CC(C)c1cc(F)c(C(C)C)c(C2CC2)c1. The van der Waals surface area contributed by atoms with E-state index in [2.05, 4.69) is 33.8 Å². The summed E-state index contributed by atoms with van der Waals surface area (Å²) in [5, 5.41) is 0. The van der Waals surface area contributed by atoms with Gasteiger partial charge in [-0.25, -0.2) is 4.39 Å². The first kappa shape index (κ1) is 11.6. The predicted octanol–water partition coefficient (Wildman–Crippen LogP) is 4.95. The van der Waals surface area contributed by atoms with Crippen LogP contribution in [0.25, 0.3) is 0 Å². The lowest BCUT2D eigenvalue weighted by Crippen LogP contribution is -2.02. The van der Waals surface area contributed by atoms with Crippen LogP contribution >= 0.6 is 0 Å². The van der Waals surface area contributed by atoms with Gasteiger partial charge in [-0.3, -0.25) is 0 Å². The van der Waals surface area contributed by atoms with Gasteiger partial charge >= 0.3 is 0 Å². The lowest BCUT2D eigenvalue weighted by Gasteiger charge is -2.17. The summed E-state index contributed by atoms with van der Waals surface area (Å²) in [5.41, 5.74) is 3.37. The van der Waals surface area contributed by atoms with Crippen LogP contribution in [0.3, 0.4) is 0 Å². The molecule has 0 aliphatic heterocycles. The maximum atomic E-state index is 14.1. The monoisotopic (exact) mass is 220 g/mol. The minimum Gasteiger partial charge on any atom is -0.207 e. The molecule has 0 amide bonds. The van der Waals surface area contributed by atoms with E-state index in [9.17, 15) is 4.39 Å². The molecular weight excluding hydrogens is 199 g/mol. The summed E-state index contributed by atoms with van der Waals surface area (Å²) in [6.07, 6.45) is 2.47. The highest BCUT2D eigenvalue weighted by molar-refractivity contribution is 5.40. The van der Waals surface area contributed by atoms with Gasteiger partial charge in [-0.2, -0.15) is 0 Å². The summed E-state index contributed by atoms with van der Waals surface area (Å²) >= 11 is 0. The standard InChI is InChI=1S/C15H21F/c1-9(2)12-7-13(11-5-6-11)15(10(3)4)14(16)8-12/h7-11H,5-6H2,1-4H3. The first-order chi connectivity index (χ1) is 7.50. The average Bonchev–Trinajstić information content (AvgIpc) is 2.98. The van der Waals surface area contributed by atoms with Gasteiger partial charge in [-0.15, -0.1) is 0 Å². The molecule has 2 rings (SSSR count). The number of rotatable bonds is 3. The topological polar surface area (TPSA) is 0 Å². The van der Waals surface area contributed by atoms with Crippen LogP contribution in [0.2, 0.25) is 0 Å². The van der Waals surface area contributed by atoms with E-state index in [1.54, 1.807) is 6.07 Å². The van der Waals surface area contributed by atoms with Gasteiger partial charge in [0.25, 0.3) is 0 Å². The van der Waals surface area contributed by atoms with E-state index in [-0.39, 0.29) is 11.7 Å². The van der Waals surface area contributed by atoms with Gasteiger partial charge in [0.15, 0.2) is 0 Å². The lowest BCUT2D eigenvalue weighted by molar-refractivity contribution is 0.589. The molecule has 88 valence electrons. The average molecular weight is 220 g/mol.